The number of hydrogen-bond acceptors (Lipinski definition) is 5. The number of thioether (sulfide) groups is 1. The van der Waals surface area contributed by atoms with Gasteiger partial charge in [0.25, 0.3) is 5.69 Å². The van der Waals surface area contributed by atoms with Crippen molar-refractivity contribution in [1.29, 1.82) is 0 Å². The van der Waals surface area contributed by atoms with Crippen molar-refractivity contribution in [2.75, 3.05) is 18.1 Å². The van der Waals surface area contributed by atoms with Crippen LogP contribution in [0.5, 0.6) is 0 Å². The second-order valence-corrected chi connectivity index (χ2v) is 5.10. The highest BCUT2D eigenvalue weighted by atomic mass is 32.2. The molecule has 1 aromatic heterocycles. The maximum atomic E-state index is 10.6. The van der Waals surface area contributed by atoms with E-state index >= 15 is 0 Å². The smallest absolute Gasteiger partial charge is 0.290 e. The van der Waals surface area contributed by atoms with Gasteiger partial charge in [-0.05, 0) is 25.7 Å². The molecule has 1 heterocycles. The zero-order valence-electron chi connectivity index (χ0n) is 10.3. The Balaban J connectivity index is 2.56. The quantitative estimate of drug-likeness (QED) is 0.625. The number of nitrogens with one attached hydrogen (secondary N) is 1. The first-order valence-corrected chi connectivity index (χ1v) is 6.72. The molecule has 0 aliphatic rings. The summed E-state index contributed by atoms with van der Waals surface area (Å²) in [5.74, 6) is 0.696. The number of hydrogen-bond donors (Lipinski definition) is 1. The van der Waals surface area contributed by atoms with Gasteiger partial charge in [0.15, 0.2) is 0 Å². The molecule has 5 nitrogen and oxygen atoms in total. The standard InChI is InChI=1S/C11H17N3O2S/c1-8(17-3)6-7-12-11-5-4-10(14(15)16)9(2)13-11/h4-5,8H,6-7H2,1-3H3,(H,12,13). The molecule has 0 spiro atoms. The molecule has 6 heteroatoms. The second kappa shape index (κ2) is 6.44. The van der Waals surface area contributed by atoms with Crippen molar-refractivity contribution in [3.63, 3.8) is 0 Å². The van der Waals surface area contributed by atoms with Crippen molar-refractivity contribution in [2.24, 2.45) is 0 Å². The van der Waals surface area contributed by atoms with E-state index in [-0.39, 0.29) is 5.69 Å². The van der Waals surface area contributed by atoms with Gasteiger partial charge in [0, 0.05) is 17.9 Å². The lowest BCUT2D eigenvalue weighted by Crippen LogP contribution is -2.09. The van der Waals surface area contributed by atoms with Crippen molar-refractivity contribution in [1.82, 2.24) is 4.98 Å². The largest absolute Gasteiger partial charge is 0.370 e. The minimum absolute atomic E-state index is 0.0630. The summed E-state index contributed by atoms with van der Waals surface area (Å²) >= 11 is 1.82. The molecule has 1 unspecified atom stereocenters. The van der Waals surface area contributed by atoms with Crippen LogP contribution in [0.1, 0.15) is 19.0 Å². The first kappa shape index (κ1) is 13.8. The van der Waals surface area contributed by atoms with E-state index < -0.39 is 4.92 Å². The molecule has 1 atom stereocenters. The SMILES string of the molecule is CSC(C)CCNc1ccc([N+](=O)[O-])c(C)n1. The molecule has 0 aromatic carbocycles. The molecule has 17 heavy (non-hydrogen) atoms. The van der Waals surface area contributed by atoms with E-state index in [1.807, 2.05) is 11.8 Å². The molecule has 0 amide bonds. The zero-order valence-corrected chi connectivity index (χ0v) is 11.1. The van der Waals surface area contributed by atoms with Crippen molar-refractivity contribution < 1.29 is 4.92 Å². The molecular weight excluding hydrogens is 238 g/mol. The number of anilines is 1. The lowest BCUT2D eigenvalue weighted by Gasteiger charge is -2.09. The Labute approximate surface area is 105 Å². The van der Waals surface area contributed by atoms with Crippen LogP contribution in [-0.4, -0.2) is 28.0 Å². The Hall–Kier alpha value is -1.30. The Bertz CT molecular complexity index is 398. The molecule has 0 bridgehead atoms. The Kier molecular flexibility index (Phi) is 5.21. The van der Waals surface area contributed by atoms with Crippen LogP contribution in [-0.2, 0) is 0 Å². The molecule has 0 saturated heterocycles. The highest BCUT2D eigenvalue weighted by Crippen LogP contribution is 2.18. The lowest BCUT2D eigenvalue weighted by molar-refractivity contribution is -0.385. The van der Waals surface area contributed by atoms with Crippen LogP contribution < -0.4 is 5.32 Å². The molecule has 1 rings (SSSR count). The topological polar surface area (TPSA) is 68.1 Å². The van der Waals surface area contributed by atoms with E-state index in [0.29, 0.717) is 16.8 Å². The summed E-state index contributed by atoms with van der Waals surface area (Å²) in [4.78, 5) is 14.4. The van der Waals surface area contributed by atoms with Gasteiger partial charge in [0.05, 0.1) is 4.92 Å². The third kappa shape index (κ3) is 4.22. The first-order valence-electron chi connectivity index (χ1n) is 5.43. The van der Waals surface area contributed by atoms with Gasteiger partial charge in [0.1, 0.15) is 11.5 Å². The van der Waals surface area contributed by atoms with Gasteiger partial charge in [0.2, 0.25) is 0 Å². The van der Waals surface area contributed by atoms with Gasteiger partial charge in [-0.1, -0.05) is 6.92 Å². The molecule has 94 valence electrons. The van der Waals surface area contributed by atoms with Crippen LogP contribution in [0, 0.1) is 17.0 Å². The Morgan fingerprint density at radius 2 is 2.29 bits per heavy atom. The average molecular weight is 255 g/mol. The van der Waals surface area contributed by atoms with Crippen LogP contribution in [0.25, 0.3) is 0 Å². The van der Waals surface area contributed by atoms with Gasteiger partial charge < -0.3 is 5.32 Å². The molecule has 1 N–H and O–H groups in total. The third-order valence-corrected chi connectivity index (χ3v) is 3.55. The van der Waals surface area contributed by atoms with Crippen LogP contribution >= 0.6 is 11.8 Å². The van der Waals surface area contributed by atoms with Gasteiger partial charge in [-0.3, -0.25) is 10.1 Å². The highest BCUT2D eigenvalue weighted by molar-refractivity contribution is 7.99. The summed E-state index contributed by atoms with van der Waals surface area (Å²) in [6, 6.07) is 3.14. The maximum absolute atomic E-state index is 10.6. The number of nitrogens with zero attached hydrogens (tertiary/aromatic N) is 2. The third-order valence-electron chi connectivity index (χ3n) is 2.51. The average Bonchev–Trinajstić information content (AvgIpc) is 2.28. The van der Waals surface area contributed by atoms with Crippen molar-refractivity contribution in [3.05, 3.63) is 27.9 Å². The molecule has 0 radical (unpaired) electrons. The second-order valence-electron chi connectivity index (χ2n) is 3.82. The monoisotopic (exact) mass is 255 g/mol. The van der Waals surface area contributed by atoms with Gasteiger partial charge in [-0.2, -0.15) is 11.8 Å². The molecule has 0 aliphatic carbocycles. The summed E-state index contributed by atoms with van der Waals surface area (Å²) in [6.45, 7) is 4.64. The van der Waals surface area contributed by atoms with Crippen LogP contribution in [0.2, 0.25) is 0 Å². The predicted molar refractivity (Wildman–Crippen MR) is 71.7 cm³/mol. The number of nitro groups is 1. The fourth-order valence-corrected chi connectivity index (χ4v) is 1.72. The lowest BCUT2D eigenvalue weighted by atomic mass is 10.3. The molecule has 1 aromatic rings. The maximum Gasteiger partial charge on any atom is 0.290 e. The molecule has 0 saturated carbocycles. The van der Waals surface area contributed by atoms with Crippen LogP contribution in [0.15, 0.2) is 12.1 Å². The molecule has 0 fully saturated rings. The minimum Gasteiger partial charge on any atom is -0.370 e. The van der Waals surface area contributed by atoms with Gasteiger partial charge >= 0.3 is 0 Å². The van der Waals surface area contributed by atoms with Crippen LogP contribution in [0.3, 0.4) is 0 Å². The minimum atomic E-state index is -0.415. The van der Waals surface area contributed by atoms with Gasteiger partial charge in [-0.25, -0.2) is 4.98 Å². The van der Waals surface area contributed by atoms with E-state index in [2.05, 4.69) is 23.5 Å². The van der Waals surface area contributed by atoms with Crippen LogP contribution in [0.4, 0.5) is 11.5 Å². The predicted octanol–water partition coefficient (Wildman–Crippen LogP) is 2.85. The summed E-state index contributed by atoms with van der Waals surface area (Å²) in [7, 11) is 0. The van der Waals surface area contributed by atoms with Gasteiger partial charge in [-0.15, -0.1) is 0 Å². The van der Waals surface area contributed by atoms with Crippen molar-refractivity contribution in [2.45, 2.75) is 25.5 Å². The Morgan fingerprint density at radius 3 is 2.82 bits per heavy atom. The Morgan fingerprint density at radius 1 is 1.59 bits per heavy atom. The van der Waals surface area contributed by atoms with E-state index in [1.165, 1.54) is 6.07 Å². The van der Waals surface area contributed by atoms with E-state index in [1.54, 1.807) is 13.0 Å². The number of aromatic nitrogens is 1. The zero-order chi connectivity index (χ0) is 12.8. The molecule has 0 aliphatic heterocycles. The fraction of sp³-hybridized carbons (Fsp3) is 0.545. The fourth-order valence-electron chi connectivity index (χ4n) is 1.37. The van der Waals surface area contributed by atoms with Crippen molar-refractivity contribution in [3.8, 4) is 0 Å². The highest BCUT2D eigenvalue weighted by Gasteiger charge is 2.11. The summed E-state index contributed by atoms with van der Waals surface area (Å²) < 4.78 is 0. The number of pyridine rings is 1. The molecular formula is C11H17N3O2S. The number of aryl methyl sites for hydroxylation is 1. The van der Waals surface area contributed by atoms with E-state index in [9.17, 15) is 10.1 Å². The van der Waals surface area contributed by atoms with E-state index in [0.717, 1.165) is 13.0 Å². The summed E-state index contributed by atoms with van der Waals surface area (Å²) in [6.07, 6.45) is 3.12. The van der Waals surface area contributed by atoms with Crippen molar-refractivity contribution >= 4 is 23.3 Å². The van der Waals surface area contributed by atoms with E-state index in [4.69, 9.17) is 0 Å². The summed E-state index contributed by atoms with van der Waals surface area (Å²) in [5, 5.41) is 14.4. The summed E-state index contributed by atoms with van der Waals surface area (Å²) in [5.41, 5.74) is 0.506. The number of rotatable bonds is 6. The normalized spacial score (nSPS) is 12.2. The first-order chi connectivity index (χ1) is 8.04.